The van der Waals surface area contributed by atoms with Gasteiger partial charge in [0.25, 0.3) is 0 Å². The Morgan fingerprint density at radius 3 is 3.33 bits per heavy atom. The van der Waals surface area contributed by atoms with E-state index in [1.165, 1.54) is 18.5 Å². The molecule has 1 aromatic heterocycles. The van der Waals surface area contributed by atoms with Crippen molar-refractivity contribution in [2.24, 2.45) is 0 Å². The van der Waals surface area contributed by atoms with Crippen LogP contribution in [-0.4, -0.2) is 4.57 Å². The zero-order valence-corrected chi connectivity index (χ0v) is 5.67. The third-order valence-electron chi connectivity index (χ3n) is 2.16. The molecule has 0 saturated carbocycles. The Bertz CT molecular complexity index is 212. The average molecular weight is 121 g/mol. The van der Waals surface area contributed by atoms with Gasteiger partial charge in [0.05, 0.1) is 0 Å². The fraction of sp³-hybridized carbons (Fsp3) is 0.500. The molecule has 0 saturated heterocycles. The molecule has 0 bridgehead atoms. The van der Waals surface area contributed by atoms with Gasteiger partial charge in [-0.15, -0.1) is 0 Å². The molecule has 1 heteroatoms. The van der Waals surface area contributed by atoms with Crippen molar-refractivity contribution in [2.45, 2.75) is 25.8 Å². The van der Waals surface area contributed by atoms with Crippen molar-refractivity contribution in [3.63, 3.8) is 0 Å². The van der Waals surface area contributed by atoms with Crippen LogP contribution in [0.4, 0.5) is 0 Å². The van der Waals surface area contributed by atoms with E-state index in [0.717, 1.165) is 6.04 Å². The summed E-state index contributed by atoms with van der Waals surface area (Å²) in [6.45, 7) is 2.27. The second kappa shape index (κ2) is 1.63. The topological polar surface area (TPSA) is 4.93 Å². The van der Waals surface area contributed by atoms with Crippen LogP contribution < -0.4 is 0 Å². The minimum absolute atomic E-state index is 0.745. The largest absolute Gasteiger partial charge is 0.349 e. The molecule has 1 aliphatic rings. The number of fused-ring (bicyclic) bond motifs is 1. The summed E-state index contributed by atoms with van der Waals surface area (Å²) in [7, 11) is 0. The van der Waals surface area contributed by atoms with Crippen LogP contribution in [0.15, 0.2) is 18.3 Å². The molecule has 2 rings (SSSR count). The normalized spacial score (nSPS) is 24.3. The molecule has 1 nitrogen and oxygen atoms in total. The van der Waals surface area contributed by atoms with E-state index in [9.17, 15) is 0 Å². The summed E-state index contributed by atoms with van der Waals surface area (Å²) in [5.74, 6) is 0. The van der Waals surface area contributed by atoms with Gasteiger partial charge in [0.2, 0.25) is 0 Å². The van der Waals surface area contributed by atoms with E-state index in [4.69, 9.17) is 0 Å². The molecule has 0 N–H and O–H groups in total. The van der Waals surface area contributed by atoms with Crippen LogP contribution in [-0.2, 0) is 6.42 Å². The molecule has 1 unspecified atom stereocenters. The fourth-order valence-corrected chi connectivity index (χ4v) is 1.57. The molecule has 9 heavy (non-hydrogen) atoms. The number of aromatic nitrogens is 1. The van der Waals surface area contributed by atoms with Gasteiger partial charge in [0, 0.05) is 17.9 Å². The van der Waals surface area contributed by atoms with Crippen LogP contribution in [0.5, 0.6) is 0 Å². The summed E-state index contributed by atoms with van der Waals surface area (Å²) in [5.41, 5.74) is 1.50. The summed E-state index contributed by atoms with van der Waals surface area (Å²) in [4.78, 5) is 0. The fourth-order valence-electron chi connectivity index (χ4n) is 1.57. The Balaban J connectivity index is 2.49. The lowest BCUT2D eigenvalue weighted by Gasteiger charge is -2.03. The van der Waals surface area contributed by atoms with E-state index >= 15 is 0 Å². The predicted molar refractivity (Wildman–Crippen MR) is 37.5 cm³/mol. The second-order valence-electron chi connectivity index (χ2n) is 2.79. The molecule has 48 valence electrons. The number of rotatable bonds is 0. The van der Waals surface area contributed by atoms with Crippen molar-refractivity contribution in [2.75, 3.05) is 0 Å². The van der Waals surface area contributed by atoms with Crippen LogP contribution in [0.2, 0.25) is 0 Å². The first-order chi connectivity index (χ1) is 4.38. The van der Waals surface area contributed by atoms with E-state index < -0.39 is 0 Å². The minimum atomic E-state index is 0.745. The molecule has 0 amide bonds. The van der Waals surface area contributed by atoms with Crippen LogP contribution in [0.1, 0.15) is 25.1 Å². The molecule has 1 aromatic rings. The highest BCUT2D eigenvalue weighted by Crippen LogP contribution is 2.24. The molecule has 0 aliphatic carbocycles. The van der Waals surface area contributed by atoms with Crippen molar-refractivity contribution < 1.29 is 0 Å². The summed E-state index contributed by atoms with van der Waals surface area (Å²) in [6, 6.07) is 5.09. The maximum absolute atomic E-state index is 2.36. The van der Waals surface area contributed by atoms with E-state index in [1.54, 1.807) is 0 Å². The zero-order chi connectivity index (χ0) is 6.27. The van der Waals surface area contributed by atoms with Crippen molar-refractivity contribution in [3.8, 4) is 0 Å². The van der Waals surface area contributed by atoms with Gasteiger partial charge in [0.1, 0.15) is 0 Å². The third-order valence-corrected chi connectivity index (χ3v) is 2.16. The highest BCUT2D eigenvalue weighted by molar-refractivity contribution is 5.12. The lowest BCUT2D eigenvalue weighted by Crippen LogP contribution is -1.94. The Morgan fingerprint density at radius 2 is 2.56 bits per heavy atom. The number of hydrogen-bond donors (Lipinski definition) is 0. The molecule has 0 aromatic carbocycles. The third kappa shape index (κ3) is 0.607. The summed E-state index contributed by atoms with van der Waals surface area (Å²) in [6.07, 6.45) is 4.78. The number of aryl methyl sites for hydroxylation is 1. The van der Waals surface area contributed by atoms with Gasteiger partial charge in [-0.1, -0.05) is 0 Å². The molecule has 2 heterocycles. The smallest absolute Gasteiger partial charge is 0.0308 e. The van der Waals surface area contributed by atoms with Crippen molar-refractivity contribution in [1.29, 1.82) is 0 Å². The van der Waals surface area contributed by atoms with Crippen LogP contribution in [0, 0.1) is 0 Å². The van der Waals surface area contributed by atoms with Gasteiger partial charge in [-0.05, 0) is 31.9 Å². The van der Waals surface area contributed by atoms with Gasteiger partial charge in [-0.3, -0.25) is 0 Å². The highest BCUT2D eigenvalue weighted by atomic mass is 15.0. The molecular weight excluding hydrogens is 110 g/mol. The summed E-state index contributed by atoms with van der Waals surface area (Å²) >= 11 is 0. The van der Waals surface area contributed by atoms with Crippen LogP contribution in [0.25, 0.3) is 0 Å². The van der Waals surface area contributed by atoms with Crippen molar-refractivity contribution in [1.82, 2.24) is 4.57 Å². The van der Waals surface area contributed by atoms with Crippen LogP contribution >= 0.6 is 0 Å². The minimum Gasteiger partial charge on any atom is -0.349 e. The first-order valence-corrected chi connectivity index (χ1v) is 3.53. The quantitative estimate of drug-likeness (QED) is 0.494. The van der Waals surface area contributed by atoms with E-state index in [0.29, 0.717) is 0 Å². The Morgan fingerprint density at radius 1 is 1.67 bits per heavy atom. The van der Waals surface area contributed by atoms with E-state index in [-0.39, 0.29) is 0 Å². The maximum atomic E-state index is 2.36. The monoisotopic (exact) mass is 121 g/mol. The molecule has 1 aliphatic heterocycles. The predicted octanol–water partition coefficient (Wildman–Crippen LogP) is 2.00. The lowest BCUT2D eigenvalue weighted by atomic mass is 10.2. The van der Waals surface area contributed by atoms with Crippen molar-refractivity contribution in [3.05, 3.63) is 24.0 Å². The SMILES string of the molecule is CC1CCc2cccn21. The lowest BCUT2D eigenvalue weighted by molar-refractivity contribution is 0.581. The van der Waals surface area contributed by atoms with E-state index in [2.05, 4.69) is 29.8 Å². The first-order valence-electron chi connectivity index (χ1n) is 3.53. The Hall–Kier alpha value is -0.720. The molecule has 1 atom stereocenters. The second-order valence-corrected chi connectivity index (χ2v) is 2.79. The van der Waals surface area contributed by atoms with Gasteiger partial charge >= 0.3 is 0 Å². The summed E-state index contributed by atoms with van der Waals surface area (Å²) < 4.78 is 2.36. The standard InChI is InChI=1S/C8H11N/c1-7-4-5-8-3-2-6-9(7)8/h2-3,6-7H,4-5H2,1H3. The van der Waals surface area contributed by atoms with Gasteiger partial charge < -0.3 is 4.57 Å². The zero-order valence-electron chi connectivity index (χ0n) is 5.67. The Labute approximate surface area is 55.3 Å². The van der Waals surface area contributed by atoms with Gasteiger partial charge in [-0.25, -0.2) is 0 Å². The summed E-state index contributed by atoms with van der Waals surface area (Å²) in [5, 5.41) is 0. The van der Waals surface area contributed by atoms with Gasteiger partial charge in [0.15, 0.2) is 0 Å². The van der Waals surface area contributed by atoms with E-state index in [1.807, 2.05) is 0 Å². The highest BCUT2D eigenvalue weighted by Gasteiger charge is 2.14. The average Bonchev–Trinajstić information content (AvgIpc) is 2.35. The first kappa shape index (κ1) is 5.10. The molecule has 0 fully saturated rings. The maximum Gasteiger partial charge on any atom is 0.0308 e. The molecule has 0 radical (unpaired) electrons. The van der Waals surface area contributed by atoms with Gasteiger partial charge in [-0.2, -0.15) is 0 Å². The van der Waals surface area contributed by atoms with Crippen molar-refractivity contribution >= 4 is 0 Å². The Kier molecular flexibility index (Phi) is 0.922. The molecular formula is C8H11N. The number of nitrogens with zero attached hydrogens (tertiary/aromatic N) is 1. The van der Waals surface area contributed by atoms with Crippen LogP contribution in [0.3, 0.4) is 0 Å². The number of hydrogen-bond acceptors (Lipinski definition) is 0. The molecule has 0 spiro atoms.